The number of methoxy groups -OCH3 is 1. The quantitative estimate of drug-likeness (QED) is 0.911. The standard InChI is InChI=1S/C18H18N2O5/c1-11-8-13(18(23)20(11)12-6-4-3-5-7-12)19-17(22)15-9-14(21)16(24-2)10-25-15/h3-7,9-11,13H,8H2,1-2H3,(H,19,22)/t11-,13+/m0/s1. The van der Waals surface area contributed by atoms with Gasteiger partial charge in [0.15, 0.2) is 5.76 Å². The van der Waals surface area contributed by atoms with Gasteiger partial charge in [0.05, 0.1) is 7.11 Å². The van der Waals surface area contributed by atoms with E-state index in [1.165, 1.54) is 7.11 Å². The molecule has 1 aliphatic heterocycles. The monoisotopic (exact) mass is 342 g/mol. The minimum absolute atomic E-state index is 0.0115. The number of benzene rings is 1. The van der Waals surface area contributed by atoms with E-state index in [4.69, 9.17) is 9.15 Å². The molecule has 0 bridgehead atoms. The second kappa shape index (κ2) is 6.80. The van der Waals surface area contributed by atoms with Gasteiger partial charge in [0.2, 0.25) is 17.1 Å². The van der Waals surface area contributed by atoms with Gasteiger partial charge in [-0.05, 0) is 25.5 Å². The zero-order chi connectivity index (χ0) is 18.0. The summed E-state index contributed by atoms with van der Waals surface area (Å²) < 4.78 is 9.92. The molecule has 0 unspecified atom stereocenters. The van der Waals surface area contributed by atoms with Gasteiger partial charge in [0, 0.05) is 17.8 Å². The maximum absolute atomic E-state index is 12.6. The van der Waals surface area contributed by atoms with Gasteiger partial charge < -0.3 is 19.4 Å². The van der Waals surface area contributed by atoms with Crippen LogP contribution >= 0.6 is 0 Å². The van der Waals surface area contributed by atoms with Gasteiger partial charge in [-0.3, -0.25) is 14.4 Å². The summed E-state index contributed by atoms with van der Waals surface area (Å²) in [6.07, 6.45) is 1.55. The van der Waals surface area contributed by atoms with Crippen molar-refractivity contribution in [2.45, 2.75) is 25.4 Å². The number of rotatable bonds is 4. The average molecular weight is 342 g/mol. The van der Waals surface area contributed by atoms with E-state index in [0.717, 1.165) is 18.0 Å². The number of anilines is 1. The van der Waals surface area contributed by atoms with E-state index in [1.54, 1.807) is 4.90 Å². The van der Waals surface area contributed by atoms with Gasteiger partial charge in [-0.25, -0.2) is 0 Å². The molecular weight excluding hydrogens is 324 g/mol. The van der Waals surface area contributed by atoms with Crippen LogP contribution in [0.3, 0.4) is 0 Å². The molecule has 1 saturated heterocycles. The number of carbonyl (C=O) groups is 2. The molecule has 1 aromatic carbocycles. The Morgan fingerprint density at radius 2 is 2.00 bits per heavy atom. The summed E-state index contributed by atoms with van der Waals surface area (Å²) in [5.74, 6) is -0.954. The predicted octanol–water partition coefficient (Wildman–Crippen LogP) is 1.57. The van der Waals surface area contributed by atoms with E-state index >= 15 is 0 Å². The topological polar surface area (TPSA) is 88.8 Å². The molecule has 7 nitrogen and oxygen atoms in total. The van der Waals surface area contributed by atoms with Crippen molar-refractivity contribution in [2.75, 3.05) is 12.0 Å². The molecule has 1 aromatic heterocycles. The highest BCUT2D eigenvalue weighted by Crippen LogP contribution is 2.26. The Kier molecular flexibility index (Phi) is 4.56. The molecule has 2 aromatic rings. The number of amides is 2. The van der Waals surface area contributed by atoms with Crippen LogP contribution in [0.4, 0.5) is 5.69 Å². The molecule has 130 valence electrons. The summed E-state index contributed by atoms with van der Waals surface area (Å²) in [6.45, 7) is 1.92. The summed E-state index contributed by atoms with van der Waals surface area (Å²) in [5, 5.41) is 2.64. The third-order valence-corrected chi connectivity index (χ3v) is 4.13. The second-order valence-electron chi connectivity index (χ2n) is 5.83. The average Bonchev–Trinajstić information content (AvgIpc) is 2.89. The molecule has 3 rings (SSSR count). The van der Waals surface area contributed by atoms with Crippen LogP contribution in [0.5, 0.6) is 5.75 Å². The van der Waals surface area contributed by atoms with Crippen molar-refractivity contribution in [3.8, 4) is 5.75 Å². The fraction of sp³-hybridized carbons (Fsp3) is 0.278. The normalized spacial score (nSPS) is 19.8. The first-order chi connectivity index (χ1) is 12.0. The van der Waals surface area contributed by atoms with Crippen LogP contribution in [0.25, 0.3) is 0 Å². The second-order valence-corrected chi connectivity index (χ2v) is 5.83. The minimum Gasteiger partial charge on any atom is -0.490 e. The molecule has 0 aliphatic carbocycles. The van der Waals surface area contributed by atoms with Gasteiger partial charge in [0.25, 0.3) is 5.91 Å². The first-order valence-electron chi connectivity index (χ1n) is 7.87. The first-order valence-corrected chi connectivity index (χ1v) is 7.87. The zero-order valence-electron chi connectivity index (χ0n) is 13.9. The molecule has 1 aliphatic rings. The fourth-order valence-electron chi connectivity index (χ4n) is 2.92. The molecule has 2 atom stereocenters. The summed E-state index contributed by atoms with van der Waals surface area (Å²) in [7, 11) is 1.34. The van der Waals surface area contributed by atoms with E-state index in [9.17, 15) is 14.4 Å². The lowest BCUT2D eigenvalue weighted by Gasteiger charge is -2.21. The zero-order valence-corrected chi connectivity index (χ0v) is 13.9. The van der Waals surface area contributed by atoms with E-state index in [0.29, 0.717) is 6.42 Å². The molecular formula is C18H18N2O5. The SMILES string of the molecule is COc1coc(C(=O)N[C@@H]2C[C@H](C)N(c3ccccc3)C2=O)cc1=O. The Bertz CT molecular complexity index is 846. The van der Waals surface area contributed by atoms with Gasteiger partial charge in [-0.2, -0.15) is 0 Å². The molecule has 1 fully saturated rings. The van der Waals surface area contributed by atoms with Crippen LogP contribution in [-0.4, -0.2) is 31.0 Å². The molecule has 0 radical (unpaired) electrons. The maximum Gasteiger partial charge on any atom is 0.287 e. The number of nitrogens with zero attached hydrogens (tertiary/aromatic N) is 1. The molecule has 2 amide bonds. The van der Waals surface area contributed by atoms with Gasteiger partial charge >= 0.3 is 0 Å². The highest BCUT2D eigenvalue weighted by Gasteiger charge is 2.39. The van der Waals surface area contributed by atoms with Crippen molar-refractivity contribution < 1.29 is 18.7 Å². The van der Waals surface area contributed by atoms with E-state index in [2.05, 4.69) is 5.32 Å². The van der Waals surface area contributed by atoms with Crippen molar-refractivity contribution >= 4 is 17.5 Å². The van der Waals surface area contributed by atoms with Crippen LogP contribution in [0.2, 0.25) is 0 Å². The van der Waals surface area contributed by atoms with Gasteiger partial charge in [-0.1, -0.05) is 18.2 Å². The highest BCUT2D eigenvalue weighted by atomic mass is 16.5. The Morgan fingerprint density at radius 1 is 1.28 bits per heavy atom. The number of ether oxygens (including phenoxy) is 1. The number of carbonyl (C=O) groups excluding carboxylic acids is 2. The Balaban J connectivity index is 1.75. The van der Waals surface area contributed by atoms with E-state index in [1.807, 2.05) is 37.3 Å². The van der Waals surface area contributed by atoms with Crippen molar-refractivity contribution in [3.05, 3.63) is 58.6 Å². The summed E-state index contributed by atoms with van der Waals surface area (Å²) in [4.78, 5) is 38.3. The Hall–Kier alpha value is -3.09. The number of para-hydroxylation sites is 1. The summed E-state index contributed by atoms with van der Waals surface area (Å²) in [5.41, 5.74) is 0.323. The van der Waals surface area contributed by atoms with Gasteiger partial charge in [0.1, 0.15) is 12.3 Å². The lowest BCUT2D eigenvalue weighted by Crippen LogP contribution is -2.42. The number of hydrogen-bond acceptors (Lipinski definition) is 5. The van der Waals surface area contributed by atoms with Crippen molar-refractivity contribution in [2.24, 2.45) is 0 Å². The molecule has 2 heterocycles. The maximum atomic E-state index is 12.6. The molecule has 1 N–H and O–H groups in total. The van der Waals surface area contributed by atoms with Crippen LogP contribution in [0.1, 0.15) is 23.9 Å². The Morgan fingerprint density at radius 3 is 2.64 bits per heavy atom. The van der Waals surface area contributed by atoms with Crippen molar-refractivity contribution in [3.63, 3.8) is 0 Å². The lowest BCUT2D eigenvalue weighted by atomic mass is 10.2. The van der Waals surface area contributed by atoms with Crippen LogP contribution in [-0.2, 0) is 4.79 Å². The smallest absolute Gasteiger partial charge is 0.287 e. The fourth-order valence-corrected chi connectivity index (χ4v) is 2.92. The van der Waals surface area contributed by atoms with E-state index < -0.39 is 17.4 Å². The van der Waals surface area contributed by atoms with Crippen LogP contribution in [0, 0.1) is 0 Å². The number of hydrogen-bond donors (Lipinski definition) is 1. The summed E-state index contributed by atoms with van der Waals surface area (Å²) in [6, 6.07) is 9.60. The molecule has 0 spiro atoms. The molecule has 7 heteroatoms. The molecule has 0 saturated carbocycles. The summed E-state index contributed by atoms with van der Waals surface area (Å²) >= 11 is 0. The van der Waals surface area contributed by atoms with Crippen LogP contribution in [0.15, 0.2) is 51.9 Å². The minimum atomic E-state index is -0.671. The third-order valence-electron chi connectivity index (χ3n) is 4.13. The number of nitrogens with one attached hydrogen (secondary N) is 1. The highest BCUT2D eigenvalue weighted by molar-refractivity contribution is 6.03. The van der Waals surface area contributed by atoms with Gasteiger partial charge in [-0.15, -0.1) is 0 Å². The van der Waals surface area contributed by atoms with Crippen molar-refractivity contribution in [1.29, 1.82) is 0 Å². The lowest BCUT2D eigenvalue weighted by molar-refractivity contribution is -0.118. The first kappa shape index (κ1) is 16.8. The largest absolute Gasteiger partial charge is 0.490 e. The predicted molar refractivity (Wildman–Crippen MR) is 90.8 cm³/mol. The third kappa shape index (κ3) is 3.26. The van der Waals surface area contributed by atoms with Crippen molar-refractivity contribution in [1.82, 2.24) is 5.32 Å². The molecule has 25 heavy (non-hydrogen) atoms. The van der Waals surface area contributed by atoms with Crippen LogP contribution < -0.4 is 20.4 Å². The van der Waals surface area contributed by atoms with E-state index in [-0.39, 0.29) is 23.5 Å². The Labute approximate surface area is 144 Å².